The van der Waals surface area contributed by atoms with Crippen molar-refractivity contribution in [1.82, 2.24) is 4.90 Å². The zero-order valence-corrected chi connectivity index (χ0v) is 7.41. The first-order valence-corrected chi connectivity index (χ1v) is 5.28. The molecular formula is C8H15NS. The number of nitrogens with zero attached hydrogens (tertiary/aromatic N) is 1. The first kappa shape index (κ1) is 6.99. The second-order valence-corrected chi connectivity index (χ2v) is 4.66. The van der Waals surface area contributed by atoms with Gasteiger partial charge in [0, 0.05) is 11.3 Å². The number of rotatable bonds is 0. The van der Waals surface area contributed by atoms with Crippen LogP contribution in [-0.4, -0.2) is 35.5 Å². The fourth-order valence-corrected chi connectivity index (χ4v) is 3.73. The molecule has 1 atom stereocenters. The normalized spacial score (nSPS) is 41.7. The fraction of sp³-hybridized carbons (Fsp3) is 1.00. The van der Waals surface area contributed by atoms with Gasteiger partial charge in [0.05, 0.1) is 0 Å². The van der Waals surface area contributed by atoms with E-state index in [1.165, 1.54) is 37.3 Å². The molecular weight excluding hydrogens is 142 g/mol. The van der Waals surface area contributed by atoms with E-state index in [0.717, 1.165) is 0 Å². The number of hydrogen-bond acceptors (Lipinski definition) is 2. The third kappa shape index (κ3) is 0.892. The summed E-state index contributed by atoms with van der Waals surface area (Å²) >= 11 is 2.13. The predicted octanol–water partition coefficient (Wildman–Crippen LogP) is 1.59. The molecule has 1 spiro atoms. The Morgan fingerprint density at radius 2 is 2.30 bits per heavy atom. The third-order valence-electron chi connectivity index (χ3n) is 3.03. The largest absolute Gasteiger partial charge is 0.300 e. The summed E-state index contributed by atoms with van der Waals surface area (Å²) in [5, 5.41) is 0. The lowest BCUT2D eigenvalue weighted by Gasteiger charge is -2.30. The molecule has 0 aliphatic carbocycles. The molecule has 2 aliphatic rings. The molecule has 2 heterocycles. The maximum Gasteiger partial charge on any atom is 0.0305 e. The maximum absolute atomic E-state index is 2.58. The van der Waals surface area contributed by atoms with Gasteiger partial charge in [-0.2, -0.15) is 11.8 Å². The van der Waals surface area contributed by atoms with E-state index < -0.39 is 0 Å². The Kier molecular flexibility index (Phi) is 1.69. The smallest absolute Gasteiger partial charge is 0.0305 e. The summed E-state index contributed by atoms with van der Waals surface area (Å²) in [7, 11) is 2.29. The molecule has 2 rings (SSSR count). The Labute approximate surface area is 67.2 Å². The highest BCUT2D eigenvalue weighted by molar-refractivity contribution is 7.99. The second kappa shape index (κ2) is 2.42. The molecule has 58 valence electrons. The topological polar surface area (TPSA) is 3.24 Å². The van der Waals surface area contributed by atoms with Crippen LogP contribution >= 0.6 is 11.8 Å². The van der Waals surface area contributed by atoms with E-state index in [1.54, 1.807) is 0 Å². The summed E-state index contributed by atoms with van der Waals surface area (Å²) in [6.45, 7) is 1.33. The molecule has 2 heteroatoms. The van der Waals surface area contributed by atoms with Gasteiger partial charge < -0.3 is 0 Å². The molecule has 0 N–H and O–H groups in total. The zero-order valence-electron chi connectivity index (χ0n) is 6.60. The minimum absolute atomic E-state index is 0.644. The highest BCUT2D eigenvalue weighted by atomic mass is 32.2. The molecule has 0 radical (unpaired) electrons. The quantitative estimate of drug-likeness (QED) is 0.525. The van der Waals surface area contributed by atoms with E-state index in [4.69, 9.17) is 0 Å². The van der Waals surface area contributed by atoms with Crippen LogP contribution in [0.1, 0.15) is 19.3 Å². The van der Waals surface area contributed by atoms with Crippen LogP contribution in [0.5, 0.6) is 0 Å². The van der Waals surface area contributed by atoms with Crippen molar-refractivity contribution in [3.05, 3.63) is 0 Å². The van der Waals surface area contributed by atoms with Crippen LogP contribution in [0.4, 0.5) is 0 Å². The molecule has 1 nitrogen and oxygen atoms in total. The van der Waals surface area contributed by atoms with Crippen molar-refractivity contribution < 1.29 is 0 Å². The summed E-state index contributed by atoms with van der Waals surface area (Å²) < 4.78 is 0. The molecule has 0 aromatic heterocycles. The van der Waals surface area contributed by atoms with Crippen LogP contribution in [0.3, 0.4) is 0 Å². The highest BCUT2D eigenvalue weighted by Crippen LogP contribution is 2.39. The van der Waals surface area contributed by atoms with Crippen molar-refractivity contribution in [3.63, 3.8) is 0 Å². The van der Waals surface area contributed by atoms with E-state index in [0.29, 0.717) is 5.54 Å². The molecule has 2 fully saturated rings. The lowest BCUT2D eigenvalue weighted by molar-refractivity contribution is 0.203. The van der Waals surface area contributed by atoms with Gasteiger partial charge in [-0.05, 0) is 38.6 Å². The Balaban J connectivity index is 2.11. The van der Waals surface area contributed by atoms with Gasteiger partial charge in [0.25, 0.3) is 0 Å². The molecule has 10 heavy (non-hydrogen) atoms. The SMILES string of the molecule is CN1CCCC12CCSC2. The van der Waals surface area contributed by atoms with Crippen molar-refractivity contribution in [1.29, 1.82) is 0 Å². The van der Waals surface area contributed by atoms with E-state index in [1.807, 2.05) is 0 Å². The molecule has 2 aliphatic heterocycles. The molecule has 0 aromatic rings. The van der Waals surface area contributed by atoms with E-state index in [9.17, 15) is 0 Å². The summed E-state index contributed by atoms with van der Waals surface area (Å²) in [4.78, 5) is 2.58. The van der Waals surface area contributed by atoms with Crippen molar-refractivity contribution in [2.24, 2.45) is 0 Å². The standard InChI is InChI=1S/C8H15NS/c1-9-5-2-3-8(9)4-6-10-7-8/h2-7H2,1H3. The number of thioether (sulfide) groups is 1. The van der Waals surface area contributed by atoms with Crippen molar-refractivity contribution >= 4 is 11.8 Å². The average Bonchev–Trinajstić information content (AvgIpc) is 2.48. The lowest BCUT2D eigenvalue weighted by atomic mass is 9.96. The van der Waals surface area contributed by atoms with Gasteiger partial charge in [-0.25, -0.2) is 0 Å². The summed E-state index contributed by atoms with van der Waals surface area (Å²) in [6.07, 6.45) is 4.32. The summed E-state index contributed by atoms with van der Waals surface area (Å²) in [5.74, 6) is 2.79. The van der Waals surface area contributed by atoms with Crippen LogP contribution in [0.25, 0.3) is 0 Å². The van der Waals surface area contributed by atoms with Gasteiger partial charge in [-0.1, -0.05) is 0 Å². The maximum atomic E-state index is 2.58. The monoisotopic (exact) mass is 157 g/mol. The zero-order chi connectivity index (χ0) is 7.03. The van der Waals surface area contributed by atoms with Crippen LogP contribution < -0.4 is 0 Å². The van der Waals surface area contributed by atoms with Gasteiger partial charge in [0.2, 0.25) is 0 Å². The fourth-order valence-electron chi connectivity index (χ4n) is 2.17. The van der Waals surface area contributed by atoms with Crippen LogP contribution in [-0.2, 0) is 0 Å². The van der Waals surface area contributed by atoms with Crippen molar-refractivity contribution in [2.45, 2.75) is 24.8 Å². The van der Waals surface area contributed by atoms with Gasteiger partial charge in [-0.3, -0.25) is 4.90 Å². The summed E-state index contributed by atoms with van der Waals surface area (Å²) in [6, 6.07) is 0. The van der Waals surface area contributed by atoms with Crippen LogP contribution in [0.2, 0.25) is 0 Å². The van der Waals surface area contributed by atoms with Gasteiger partial charge in [-0.15, -0.1) is 0 Å². The molecule has 0 saturated carbocycles. The van der Waals surface area contributed by atoms with E-state index in [2.05, 4.69) is 23.7 Å². The Morgan fingerprint density at radius 1 is 1.40 bits per heavy atom. The minimum atomic E-state index is 0.644. The molecule has 1 unspecified atom stereocenters. The Morgan fingerprint density at radius 3 is 2.80 bits per heavy atom. The van der Waals surface area contributed by atoms with Gasteiger partial charge in [0.1, 0.15) is 0 Å². The van der Waals surface area contributed by atoms with Gasteiger partial charge >= 0.3 is 0 Å². The molecule has 2 saturated heterocycles. The first-order valence-electron chi connectivity index (χ1n) is 4.13. The molecule has 0 aromatic carbocycles. The van der Waals surface area contributed by atoms with E-state index >= 15 is 0 Å². The van der Waals surface area contributed by atoms with Crippen molar-refractivity contribution in [2.75, 3.05) is 25.1 Å². The van der Waals surface area contributed by atoms with Crippen LogP contribution in [0, 0.1) is 0 Å². The van der Waals surface area contributed by atoms with Crippen LogP contribution in [0.15, 0.2) is 0 Å². The van der Waals surface area contributed by atoms with E-state index in [-0.39, 0.29) is 0 Å². The Bertz CT molecular complexity index is 124. The average molecular weight is 157 g/mol. The number of likely N-dealkylation sites (tertiary alicyclic amines) is 1. The molecule has 0 amide bonds. The Hall–Kier alpha value is 0.310. The minimum Gasteiger partial charge on any atom is -0.300 e. The number of hydrogen-bond donors (Lipinski definition) is 0. The summed E-state index contributed by atoms with van der Waals surface area (Å²) in [5.41, 5.74) is 0.644. The molecule has 0 bridgehead atoms. The lowest BCUT2D eigenvalue weighted by Crippen LogP contribution is -2.40. The van der Waals surface area contributed by atoms with Crippen molar-refractivity contribution in [3.8, 4) is 0 Å². The van der Waals surface area contributed by atoms with Gasteiger partial charge in [0.15, 0.2) is 0 Å². The second-order valence-electron chi connectivity index (χ2n) is 3.55. The first-order chi connectivity index (χ1) is 4.83. The highest BCUT2D eigenvalue weighted by Gasteiger charge is 2.40. The predicted molar refractivity (Wildman–Crippen MR) is 46.5 cm³/mol. The third-order valence-corrected chi connectivity index (χ3v) is 4.26.